The fourth-order valence-electron chi connectivity index (χ4n) is 1.79. The van der Waals surface area contributed by atoms with Crippen molar-refractivity contribution in [2.24, 2.45) is 0 Å². The average Bonchev–Trinajstić information content (AvgIpc) is 2.49. The van der Waals surface area contributed by atoms with Gasteiger partial charge in [0.05, 0.1) is 13.2 Å². The van der Waals surface area contributed by atoms with Crippen LogP contribution in [-0.4, -0.2) is 25.5 Å². The van der Waals surface area contributed by atoms with Crippen molar-refractivity contribution in [3.05, 3.63) is 0 Å². The molecule has 148 valence electrons. The Morgan fingerprint density at radius 2 is 0.960 bits per heavy atom. The number of hydrogen-bond acceptors (Lipinski definition) is 6. The average molecular weight is 452 g/mol. The van der Waals surface area contributed by atoms with E-state index >= 15 is 0 Å². The van der Waals surface area contributed by atoms with E-state index in [4.69, 9.17) is 9.05 Å². The summed E-state index contributed by atoms with van der Waals surface area (Å²) in [4.78, 5) is 22.0. The summed E-state index contributed by atoms with van der Waals surface area (Å²) in [5.41, 5.74) is 0. The molecule has 0 aliphatic carbocycles. The van der Waals surface area contributed by atoms with Gasteiger partial charge in [-0.25, -0.2) is 0 Å². The summed E-state index contributed by atoms with van der Waals surface area (Å²) >= 11 is 0. The Labute approximate surface area is 167 Å². The fourth-order valence-corrected chi connectivity index (χ4v) is 3.96. The third kappa shape index (κ3) is 24.9. The molecule has 0 aliphatic heterocycles. The summed E-state index contributed by atoms with van der Waals surface area (Å²) in [6.07, 6.45) is 7.51. The predicted octanol–water partition coefficient (Wildman–Crippen LogP) is 4.31. The molecule has 0 bridgehead atoms. The molecule has 0 heterocycles. The molecule has 6 nitrogen and oxygen atoms in total. The third-order valence-corrected chi connectivity index (χ3v) is 6.21. The van der Waals surface area contributed by atoms with E-state index in [2.05, 4.69) is 13.8 Å². The standard InChI is InChI=1S/2C8H19O3P.Zn/c2*1-3-5-6-7-11-12(9,10)8-4-2;/h2*3-8H2,1-2H3,(H,9,10);/q;;+2/p-2. The minimum absolute atomic E-state index is 0. The van der Waals surface area contributed by atoms with Crippen molar-refractivity contribution in [2.75, 3.05) is 25.5 Å². The first-order valence-corrected chi connectivity index (χ1v) is 12.6. The number of hydrogen-bond donors (Lipinski definition) is 0. The maximum absolute atomic E-state index is 11.0. The van der Waals surface area contributed by atoms with Crippen LogP contribution in [0.5, 0.6) is 0 Å². The molecule has 0 aliphatic rings. The van der Waals surface area contributed by atoms with Crippen LogP contribution in [0.2, 0.25) is 0 Å². The molecule has 0 saturated carbocycles. The van der Waals surface area contributed by atoms with Crippen LogP contribution in [0.4, 0.5) is 0 Å². The van der Waals surface area contributed by atoms with Crippen molar-refractivity contribution >= 4 is 15.2 Å². The number of rotatable bonds is 14. The molecule has 0 radical (unpaired) electrons. The molecule has 0 aromatic rings. The third-order valence-electron chi connectivity index (χ3n) is 3.07. The second kappa shape index (κ2) is 19.7. The van der Waals surface area contributed by atoms with E-state index in [0.717, 1.165) is 38.5 Å². The Kier molecular flexibility index (Phi) is 24.1. The van der Waals surface area contributed by atoms with Crippen molar-refractivity contribution in [3.8, 4) is 0 Å². The van der Waals surface area contributed by atoms with Gasteiger partial charge < -0.3 is 28.0 Å². The molecule has 0 aromatic heterocycles. The first-order chi connectivity index (χ1) is 11.2. The zero-order valence-corrected chi connectivity index (χ0v) is 21.3. The Morgan fingerprint density at radius 1 is 0.640 bits per heavy atom. The molecule has 25 heavy (non-hydrogen) atoms. The van der Waals surface area contributed by atoms with Crippen molar-refractivity contribution in [1.29, 1.82) is 0 Å². The van der Waals surface area contributed by atoms with Gasteiger partial charge in [-0.05, 0) is 25.7 Å². The molecule has 2 unspecified atom stereocenters. The van der Waals surface area contributed by atoms with E-state index in [9.17, 15) is 18.9 Å². The van der Waals surface area contributed by atoms with Gasteiger partial charge in [0.15, 0.2) is 0 Å². The zero-order valence-electron chi connectivity index (χ0n) is 16.5. The molecule has 2 atom stereocenters. The van der Waals surface area contributed by atoms with E-state index in [1.165, 1.54) is 0 Å². The van der Waals surface area contributed by atoms with Crippen molar-refractivity contribution in [1.82, 2.24) is 0 Å². The minimum Gasteiger partial charge on any atom is -0.778 e. The number of unbranched alkanes of at least 4 members (excludes halogenated alkanes) is 4. The van der Waals surface area contributed by atoms with Gasteiger partial charge in [-0.3, -0.25) is 0 Å². The van der Waals surface area contributed by atoms with E-state index in [1.54, 1.807) is 0 Å². The van der Waals surface area contributed by atoms with Gasteiger partial charge in [-0.15, -0.1) is 0 Å². The molecule has 0 fully saturated rings. The molecule has 9 heteroatoms. The summed E-state index contributed by atoms with van der Waals surface area (Å²) in [5.74, 6) is 0. The van der Waals surface area contributed by atoms with Crippen LogP contribution < -0.4 is 9.79 Å². The SMILES string of the molecule is CCCCCOP(=O)([O-])CCC.CCCCCOP(=O)([O-])CCC.[Zn+2]. The van der Waals surface area contributed by atoms with Gasteiger partial charge in [0.2, 0.25) is 0 Å². The maximum Gasteiger partial charge on any atom is 2.00 e. The van der Waals surface area contributed by atoms with Gasteiger partial charge >= 0.3 is 19.5 Å². The molecule has 0 N–H and O–H groups in total. The summed E-state index contributed by atoms with van der Waals surface area (Å²) < 4.78 is 31.5. The molecular weight excluding hydrogens is 416 g/mol. The molecule has 0 spiro atoms. The van der Waals surface area contributed by atoms with Crippen LogP contribution in [0.25, 0.3) is 0 Å². The summed E-state index contributed by atoms with van der Waals surface area (Å²) in [5, 5.41) is 0. The van der Waals surface area contributed by atoms with Gasteiger partial charge in [-0.1, -0.05) is 53.4 Å². The van der Waals surface area contributed by atoms with E-state index < -0.39 is 15.2 Å². The topological polar surface area (TPSA) is 98.7 Å². The second-order valence-corrected chi connectivity index (χ2v) is 9.60. The molecule has 0 aromatic carbocycles. The largest absolute Gasteiger partial charge is 2.00 e. The Morgan fingerprint density at radius 3 is 1.20 bits per heavy atom. The molecule has 0 saturated heterocycles. The van der Waals surface area contributed by atoms with Crippen LogP contribution >= 0.6 is 15.2 Å². The first-order valence-electron chi connectivity index (χ1n) is 9.13. The predicted molar refractivity (Wildman–Crippen MR) is 96.5 cm³/mol. The van der Waals surface area contributed by atoms with E-state index in [0.29, 0.717) is 26.1 Å². The quantitative estimate of drug-likeness (QED) is 0.222. The minimum atomic E-state index is -3.48. The maximum atomic E-state index is 11.0. The van der Waals surface area contributed by atoms with E-state index in [-0.39, 0.29) is 31.8 Å². The van der Waals surface area contributed by atoms with Gasteiger partial charge in [-0.2, -0.15) is 0 Å². The fraction of sp³-hybridized carbons (Fsp3) is 1.00. The summed E-state index contributed by atoms with van der Waals surface area (Å²) in [6, 6.07) is 0. The van der Waals surface area contributed by atoms with Crippen LogP contribution in [0.1, 0.15) is 79.1 Å². The van der Waals surface area contributed by atoms with Gasteiger partial charge in [0, 0.05) is 12.3 Å². The van der Waals surface area contributed by atoms with Crippen LogP contribution in [0.3, 0.4) is 0 Å². The first kappa shape index (κ1) is 30.6. The normalized spacial score (nSPS) is 15.3. The smallest absolute Gasteiger partial charge is 0.778 e. The summed E-state index contributed by atoms with van der Waals surface area (Å²) in [6.45, 7) is 8.52. The second-order valence-electron chi connectivity index (χ2n) is 5.75. The van der Waals surface area contributed by atoms with E-state index in [1.807, 2.05) is 13.8 Å². The van der Waals surface area contributed by atoms with Crippen molar-refractivity contribution < 1.29 is 47.4 Å². The Hall–Kier alpha value is 0.923. The Bertz CT molecular complexity index is 335. The monoisotopic (exact) mass is 450 g/mol. The summed E-state index contributed by atoms with van der Waals surface area (Å²) in [7, 11) is -6.97. The van der Waals surface area contributed by atoms with Gasteiger partial charge in [0.1, 0.15) is 15.2 Å². The Balaban J connectivity index is -0.000000372. The van der Waals surface area contributed by atoms with Crippen molar-refractivity contribution in [3.63, 3.8) is 0 Å². The zero-order chi connectivity index (χ0) is 18.9. The van der Waals surface area contributed by atoms with Crippen LogP contribution in [0, 0.1) is 0 Å². The van der Waals surface area contributed by atoms with Gasteiger partial charge in [0.25, 0.3) is 0 Å². The molecule has 0 amide bonds. The van der Waals surface area contributed by atoms with Crippen LogP contribution in [0.15, 0.2) is 0 Å². The molecular formula is C16H36O6P2Zn. The van der Waals surface area contributed by atoms with Crippen molar-refractivity contribution in [2.45, 2.75) is 79.1 Å². The molecule has 0 rings (SSSR count). The van der Waals surface area contributed by atoms with Crippen LogP contribution in [-0.2, 0) is 37.7 Å².